The van der Waals surface area contributed by atoms with Crippen LogP contribution in [-0.4, -0.2) is 11.1 Å². The van der Waals surface area contributed by atoms with Crippen LogP contribution in [0.3, 0.4) is 0 Å². The van der Waals surface area contributed by atoms with Gasteiger partial charge in [0, 0.05) is 5.56 Å². The maximum Gasteiger partial charge on any atom is 0.338 e. The van der Waals surface area contributed by atoms with Crippen LogP contribution >= 0.6 is 0 Å². The molecule has 1 aromatic rings. The summed E-state index contributed by atoms with van der Waals surface area (Å²) in [5.41, 5.74) is 3.85. The van der Waals surface area contributed by atoms with Crippen LogP contribution in [0, 0.1) is 18.6 Å². The highest BCUT2D eigenvalue weighted by Crippen LogP contribution is 2.22. The molecule has 0 atom stereocenters. The summed E-state index contributed by atoms with van der Waals surface area (Å²) < 4.78 is 25.9. The Balaban J connectivity index is 3.50. The number of benzene rings is 1. The van der Waals surface area contributed by atoms with Gasteiger partial charge < -0.3 is 10.8 Å². The highest BCUT2D eigenvalue weighted by molar-refractivity contribution is 5.89. The minimum absolute atomic E-state index is 0.0810. The molecule has 1 aromatic carbocycles. The highest BCUT2D eigenvalue weighted by Gasteiger charge is 2.17. The van der Waals surface area contributed by atoms with Gasteiger partial charge in [0.25, 0.3) is 0 Å². The van der Waals surface area contributed by atoms with Gasteiger partial charge in [0.15, 0.2) is 5.82 Å². The summed E-state index contributed by atoms with van der Waals surface area (Å²) in [6, 6.07) is 0.614. The monoisotopic (exact) mass is 187 g/mol. The number of halogens is 2. The minimum Gasteiger partial charge on any atom is -0.478 e. The molecule has 0 aromatic heterocycles. The molecule has 0 saturated carbocycles. The normalized spacial score (nSPS) is 10.1. The van der Waals surface area contributed by atoms with E-state index in [1.165, 1.54) is 6.92 Å². The lowest BCUT2D eigenvalue weighted by Crippen LogP contribution is -2.07. The lowest BCUT2D eigenvalue weighted by molar-refractivity contribution is 0.0691. The van der Waals surface area contributed by atoms with Crippen molar-refractivity contribution in [3.8, 4) is 0 Å². The number of aromatic carboxylic acids is 1. The van der Waals surface area contributed by atoms with Gasteiger partial charge in [-0.1, -0.05) is 0 Å². The van der Waals surface area contributed by atoms with Crippen LogP contribution in [0.1, 0.15) is 15.9 Å². The van der Waals surface area contributed by atoms with E-state index < -0.39 is 28.9 Å². The van der Waals surface area contributed by atoms with Gasteiger partial charge in [-0.05, 0) is 13.0 Å². The maximum absolute atomic E-state index is 13.0. The van der Waals surface area contributed by atoms with Gasteiger partial charge in [-0.2, -0.15) is 0 Å². The zero-order valence-corrected chi connectivity index (χ0v) is 6.77. The van der Waals surface area contributed by atoms with Crippen LogP contribution < -0.4 is 5.73 Å². The lowest BCUT2D eigenvalue weighted by Gasteiger charge is -2.05. The quantitative estimate of drug-likeness (QED) is 0.655. The number of nitrogen functional groups attached to an aromatic ring is 1. The number of carboxylic acids is 1. The number of rotatable bonds is 1. The number of nitrogens with two attached hydrogens (primary N) is 1. The summed E-state index contributed by atoms with van der Waals surface area (Å²) in [6.45, 7) is 1.28. The molecule has 0 radical (unpaired) electrons. The first kappa shape index (κ1) is 9.44. The fraction of sp³-hybridized carbons (Fsp3) is 0.125. The van der Waals surface area contributed by atoms with Crippen molar-refractivity contribution in [3.05, 3.63) is 28.8 Å². The topological polar surface area (TPSA) is 63.3 Å². The van der Waals surface area contributed by atoms with E-state index in [0.717, 1.165) is 0 Å². The van der Waals surface area contributed by atoms with Crippen molar-refractivity contribution in [1.29, 1.82) is 0 Å². The van der Waals surface area contributed by atoms with Gasteiger partial charge in [-0.15, -0.1) is 0 Å². The second kappa shape index (κ2) is 3.01. The average Bonchev–Trinajstić information content (AvgIpc) is 2.07. The molecule has 0 unspecified atom stereocenters. The van der Waals surface area contributed by atoms with Crippen molar-refractivity contribution >= 4 is 11.7 Å². The smallest absolute Gasteiger partial charge is 0.338 e. The molecular weight excluding hydrogens is 180 g/mol. The zero-order valence-electron chi connectivity index (χ0n) is 6.77. The third-order valence-electron chi connectivity index (χ3n) is 1.74. The summed E-state index contributed by atoms with van der Waals surface area (Å²) in [5.74, 6) is -3.45. The fourth-order valence-electron chi connectivity index (χ4n) is 0.892. The largest absolute Gasteiger partial charge is 0.478 e. The van der Waals surface area contributed by atoms with Crippen LogP contribution in [0.25, 0.3) is 0 Å². The molecule has 0 aliphatic heterocycles. The van der Waals surface area contributed by atoms with Crippen molar-refractivity contribution < 1.29 is 18.7 Å². The molecule has 0 fully saturated rings. The third kappa shape index (κ3) is 1.44. The molecular formula is C8H7F2NO2. The second-order valence-electron chi connectivity index (χ2n) is 2.56. The van der Waals surface area contributed by atoms with E-state index in [1.54, 1.807) is 0 Å². The average molecular weight is 187 g/mol. The summed E-state index contributed by atoms with van der Waals surface area (Å²) in [7, 11) is 0. The van der Waals surface area contributed by atoms with E-state index in [2.05, 4.69) is 0 Å². The Kier molecular flexibility index (Phi) is 2.18. The van der Waals surface area contributed by atoms with Gasteiger partial charge in [0.05, 0.1) is 5.69 Å². The minimum atomic E-state index is -1.54. The molecule has 0 spiro atoms. The Morgan fingerprint density at radius 1 is 1.54 bits per heavy atom. The van der Waals surface area contributed by atoms with E-state index in [9.17, 15) is 13.6 Å². The molecule has 0 heterocycles. The highest BCUT2D eigenvalue weighted by atomic mass is 19.1. The summed E-state index contributed by atoms with van der Waals surface area (Å²) in [6.07, 6.45) is 0. The van der Waals surface area contributed by atoms with Crippen LogP contribution in [0.4, 0.5) is 14.5 Å². The van der Waals surface area contributed by atoms with Crippen LogP contribution in [0.15, 0.2) is 6.07 Å². The first-order valence-electron chi connectivity index (χ1n) is 3.42. The number of carbonyl (C=O) groups is 1. The molecule has 70 valence electrons. The van der Waals surface area contributed by atoms with Gasteiger partial charge in [-0.3, -0.25) is 0 Å². The van der Waals surface area contributed by atoms with Gasteiger partial charge in [0.2, 0.25) is 0 Å². The van der Waals surface area contributed by atoms with Crippen molar-refractivity contribution in [2.24, 2.45) is 0 Å². The summed E-state index contributed by atoms with van der Waals surface area (Å²) in [5, 5.41) is 8.44. The lowest BCUT2D eigenvalue weighted by atomic mass is 10.1. The Hall–Kier alpha value is -1.65. The van der Waals surface area contributed by atoms with E-state index in [1.807, 2.05) is 0 Å². The first-order chi connectivity index (χ1) is 5.95. The van der Waals surface area contributed by atoms with E-state index in [4.69, 9.17) is 10.8 Å². The number of hydrogen-bond donors (Lipinski definition) is 2. The molecule has 0 saturated heterocycles. The molecule has 0 aliphatic carbocycles. The van der Waals surface area contributed by atoms with Crippen LogP contribution in [0.5, 0.6) is 0 Å². The van der Waals surface area contributed by atoms with Crippen LogP contribution in [0.2, 0.25) is 0 Å². The van der Waals surface area contributed by atoms with Crippen molar-refractivity contribution in [1.82, 2.24) is 0 Å². The molecule has 3 nitrogen and oxygen atoms in total. The van der Waals surface area contributed by atoms with Gasteiger partial charge in [0.1, 0.15) is 11.4 Å². The molecule has 1 rings (SSSR count). The third-order valence-corrected chi connectivity index (χ3v) is 1.74. The number of hydrogen-bond acceptors (Lipinski definition) is 2. The Labute approximate surface area is 72.8 Å². The van der Waals surface area contributed by atoms with E-state index >= 15 is 0 Å². The van der Waals surface area contributed by atoms with E-state index in [-0.39, 0.29) is 5.56 Å². The Bertz CT molecular complexity index is 377. The predicted molar refractivity (Wildman–Crippen MR) is 42.5 cm³/mol. The summed E-state index contributed by atoms with van der Waals surface area (Å²) >= 11 is 0. The second-order valence-corrected chi connectivity index (χ2v) is 2.56. The zero-order chi connectivity index (χ0) is 10.2. The Morgan fingerprint density at radius 3 is 2.54 bits per heavy atom. The maximum atomic E-state index is 13.0. The van der Waals surface area contributed by atoms with Crippen LogP contribution in [-0.2, 0) is 0 Å². The number of anilines is 1. The van der Waals surface area contributed by atoms with Gasteiger partial charge in [-0.25, -0.2) is 13.6 Å². The number of carboxylic acid groups (broad SMARTS) is 1. The van der Waals surface area contributed by atoms with Crippen molar-refractivity contribution in [2.45, 2.75) is 6.92 Å². The SMILES string of the molecule is Cc1c(F)cc(C(=O)O)c(F)c1N. The Morgan fingerprint density at radius 2 is 2.08 bits per heavy atom. The molecule has 0 amide bonds. The van der Waals surface area contributed by atoms with Crippen molar-refractivity contribution in [2.75, 3.05) is 5.73 Å². The van der Waals surface area contributed by atoms with Gasteiger partial charge >= 0.3 is 5.97 Å². The molecule has 0 bridgehead atoms. The van der Waals surface area contributed by atoms with E-state index in [0.29, 0.717) is 6.07 Å². The summed E-state index contributed by atoms with van der Waals surface area (Å²) in [4.78, 5) is 10.4. The predicted octanol–water partition coefficient (Wildman–Crippen LogP) is 1.55. The molecule has 3 N–H and O–H groups in total. The molecule has 5 heteroatoms. The van der Waals surface area contributed by atoms with Crippen molar-refractivity contribution in [3.63, 3.8) is 0 Å². The fourth-order valence-corrected chi connectivity index (χ4v) is 0.892. The standard InChI is InChI=1S/C8H7F2NO2/c1-3-5(9)2-4(8(12)13)6(10)7(3)11/h2H,11H2,1H3,(H,12,13). The first-order valence-corrected chi connectivity index (χ1v) is 3.42. The molecule has 13 heavy (non-hydrogen) atoms. The molecule has 0 aliphatic rings.